The molecule has 0 saturated carbocycles. The van der Waals surface area contributed by atoms with E-state index < -0.39 is 12.1 Å². The summed E-state index contributed by atoms with van der Waals surface area (Å²) in [6, 6.07) is 7.41. The fourth-order valence-electron chi connectivity index (χ4n) is 3.27. The number of likely N-dealkylation sites (tertiary alicyclic amines) is 2. The molecular weight excluding hydrogens is 390 g/mol. The van der Waals surface area contributed by atoms with Gasteiger partial charge in [-0.25, -0.2) is 9.78 Å². The van der Waals surface area contributed by atoms with E-state index in [0.29, 0.717) is 24.4 Å². The van der Waals surface area contributed by atoms with Gasteiger partial charge in [0.25, 0.3) is 11.8 Å². The fourth-order valence-corrected chi connectivity index (χ4v) is 3.27. The second kappa shape index (κ2) is 8.02. The van der Waals surface area contributed by atoms with Crippen molar-refractivity contribution in [2.75, 3.05) is 26.7 Å². The van der Waals surface area contributed by atoms with Crippen molar-refractivity contribution < 1.29 is 29.0 Å². The summed E-state index contributed by atoms with van der Waals surface area (Å²) in [6.45, 7) is 2.06. The number of carbonyl (C=O) groups is 3. The number of hydrogen-bond acceptors (Lipinski definition) is 6. The Hall–Kier alpha value is -3.62. The third-order valence-electron chi connectivity index (χ3n) is 5.12. The summed E-state index contributed by atoms with van der Waals surface area (Å²) in [5.41, 5.74) is 0.299. The predicted molar refractivity (Wildman–Crippen MR) is 105 cm³/mol. The van der Waals surface area contributed by atoms with Gasteiger partial charge in [0.2, 0.25) is 0 Å². The number of rotatable bonds is 6. The lowest BCUT2D eigenvalue weighted by molar-refractivity contribution is -0.132. The minimum atomic E-state index is -1.14. The molecule has 0 aliphatic carbocycles. The van der Waals surface area contributed by atoms with Gasteiger partial charge in [0.1, 0.15) is 22.9 Å². The van der Waals surface area contributed by atoms with Crippen molar-refractivity contribution in [3.63, 3.8) is 0 Å². The second-order valence-corrected chi connectivity index (χ2v) is 7.28. The number of carbonyl (C=O) groups excluding carboxylic acids is 2. The zero-order chi connectivity index (χ0) is 21.3. The number of aromatic carboxylic acids is 1. The molecule has 9 heteroatoms. The number of likely N-dealkylation sites (N-methyl/N-ethyl adjacent to an activating group) is 1. The van der Waals surface area contributed by atoms with Crippen molar-refractivity contribution in [3.8, 4) is 17.2 Å². The third-order valence-corrected chi connectivity index (χ3v) is 5.12. The second-order valence-electron chi connectivity index (χ2n) is 7.28. The largest absolute Gasteiger partial charge is 0.480 e. The summed E-state index contributed by atoms with van der Waals surface area (Å²) in [4.78, 5) is 43.2. The molecule has 1 N–H and O–H groups in total. The van der Waals surface area contributed by atoms with E-state index in [1.807, 2.05) is 0 Å². The Bertz CT molecular complexity index is 987. The van der Waals surface area contributed by atoms with Crippen LogP contribution in [0.1, 0.15) is 33.7 Å². The molecule has 2 aromatic rings. The molecule has 1 unspecified atom stereocenters. The lowest BCUT2D eigenvalue weighted by Crippen LogP contribution is -2.42. The van der Waals surface area contributed by atoms with Gasteiger partial charge >= 0.3 is 5.97 Å². The van der Waals surface area contributed by atoms with Crippen LogP contribution in [0, 0.1) is 0 Å². The standard InChI is InChI=1S/C21H21N3O6/c1-23-8-5-18(20(23)26)30-16-10-13(21(27)28)9-15(11-16)29-14-3-4-17(22-12-14)19(25)24-6-2-7-24/h3-4,9-12,18H,2,5-8H2,1H3,(H,27,28). The zero-order valence-electron chi connectivity index (χ0n) is 16.4. The molecule has 2 aliphatic heterocycles. The Morgan fingerprint density at radius 1 is 1.10 bits per heavy atom. The Morgan fingerprint density at radius 3 is 2.43 bits per heavy atom. The van der Waals surface area contributed by atoms with Crippen LogP contribution in [-0.2, 0) is 4.79 Å². The van der Waals surface area contributed by atoms with E-state index in [1.165, 1.54) is 24.4 Å². The topological polar surface area (TPSA) is 109 Å². The number of pyridine rings is 1. The normalized spacial score (nSPS) is 18.2. The van der Waals surface area contributed by atoms with Crippen LogP contribution in [0.3, 0.4) is 0 Å². The number of hydrogen-bond donors (Lipinski definition) is 1. The minimum Gasteiger partial charge on any atom is -0.480 e. The summed E-state index contributed by atoms with van der Waals surface area (Å²) in [5, 5.41) is 9.39. The molecule has 30 heavy (non-hydrogen) atoms. The number of nitrogens with zero attached hydrogens (tertiary/aromatic N) is 3. The van der Waals surface area contributed by atoms with Gasteiger partial charge in [0, 0.05) is 39.2 Å². The van der Waals surface area contributed by atoms with Crippen LogP contribution >= 0.6 is 0 Å². The van der Waals surface area contributed by atoms with E-state index in [4.69, 9.17) is 9.47 Å². The van der Waals surface area contributed by atoms with Crippen LogP contribution in [-0.4, -0.2) is 70.5 Å². The highest BCUT2D eigenvalue weighted by atomic mass is 16.5. The van der Waals surface area contributed by atoms with Crippen molar-refractivity contribution >= 4 is 17.8 Å². The molecule has 2 amide bonds. The average Bonchev–Trinajstić information content (AvgIpc) is 2.99. The maximum Gasteiger partial charge on any atom is 0.335 e. The van der Waals surface area contributed by atoms with E-state index >= 15 is 0 Å². The van der Waals surface area contributed by atoms with Gasteiger partial charge in [-0.3, -0.25) is 9.59 Å². The number of amides is 2. The van der Waals surface area contributed by atoms with Gasteiger partial charge in [-0.1, -0.05) is 0 Å². The first-order valence-electron chi connectivity index (χ1n) is 9.64. The molecule has 0 spiro atoms. The van der Waals surface area contributed by atoms with Crippen LogP contribution < -0.4 is 9.47 Å². The summed E-state index contributed by atoms with van der Waals surface area (Å²) in [5.74, 6) is -0.607. The third kappa shape index (κ3) is 4.05. The number of carboxylic acid groups (broad SMARTS) is 1. The average molecular weight is 411 g/mol. The Morgan fingerprint density at radius 2 is 1.87 bits per heavy atom. The van der Waals surface area contributed by atoms with Crippen LogP contribution in [0.25, 0.3) is 0 Å². The molecule has 0 radical (unpaired) electrons. The van der Waals surface area contributed by atoms with Gasteiger partial charge in [-0.15, -0.1) is 0 Å². The van der Waals surface area contributed by atoms with Crippen LogP contribution in [0.5, 0.6) is 17.2 Å². The first kappa shape index (κ1) is 19.7. The molecule has 4 rings (SSSR count). The molecule has 9 nitrogen and oxygen atoms in total. The van der Waals surface area contributed by atoms with Crippen molar-refractivity contribution in [2.45, 2.75) is 18.9 Å². The number of ether oxygens (including phenoxy) is 2. The van der Waals surface area contributed by atoms with Crippen LogP contribution in [0.4, 0.5) is 0 Å². The predicted octanol–water partition coefficient (Wildman–Crippen LogP) is 2.03. The van der Waals surface area contributed by atoms with Crippen molar-refractivity contribution in [3.05, 3.63) is 47.8 Å². The molecule has 3 heterocycles. The maximum absolute atomic E-state index is 12.2. The Labute approximate surface area is 172 Å². The summed E-state index contributed by atoms with van der Waals surface area (Å²) in [7, 11) is 1.69. The number of benzene rings is 1. The van der Waals surface area contributed by atoms with Gasteiger partial charge in [-0.05, 0) is 30.7 Å². The summed E-state index contributed by atoms with van der Waals surface area (Å²) < 4.78 is 11.5. The Kier molecular flexibility index (Phi) is 5.26. The monoisotopic (exact) mass is 411 g/mol. The number of aromatic nitrogens is 1. The van der Waals surface area contributed by atoms with E-state index in [0.717, 1.165) is 19.5 Å². The molecule has 2 saturated heterocycles. The van der Waals surface area contributed by atoms with E-state index in [-0.39, 0.29) is 28.9 Å². The SMILES string of the molecule is CN1CCC(Oc2cc(Oc3ccc(C(=O)N4CCC4)nc3)cc(C(=O)O)c2)C1=O. The maximum atomic E-state index is 12.2. The van der Waals surface area contributed by atoms with E-state index in [2.05, 4.69) is 4.98 Å². The van der Waals surface area contributed by atoms with Crippen molar-refractivity contribution in [2.24, 2.45) is 0 Å². The van der Waals surface area contributed by atoms with Crippen molar-refractivity contribution in [1.29, 1.82) is 0 Å². The minimum absolute atomic E-state index is 0.0289. The van der Waals surface area contributed by atoms with Gasteiger partial charge in [0.15, 0.2) is 6.10 Å². The fraction of sp³-hybridized carbons (Fsp3) is 0.333. The highest BCUT2D eigenvalue weighted by molar-refractivity contribution is 5.92. The molecule has 2 fully saturated rings. The lowest BCUT2D eigenvalue weighted by atomic mass is 10.2. The number of carboxylic acids is 1. The molecule has 2 aliphatic rings. The van der Waals surface area contributed by atoms with Gasteiger partial charge in [-0.2, -0.15) is 0 Å². The van der Waals surface area contributed by atoms with Crippen LogP contribution in [0.15, 0.2) is 36.5 Å². The molecule has 1 aromatic heterocycles. The Balaban J connectivity index is 1.51. The van der Waals surface area contributed by atoms with Gasteiger partial charge in [0.05, 0.1) is 11.8 Å². The van der Waals surface area contributed by atoms with Crippen molar-refractivity contribution in [1.82, 2.24) is 14.8 Å². The summed E-state index contributed by atoms with van der Waals surface area (Å²) >= 11 is 0. The lowest BCUT2D eigenvalue weighted by Gasteiger charge is -2.30. The zero-order valence-corrected chi connectivity index (χ0v) is 16.4. The quantitative estimate of drug-likeness (QED) is 0.774. The molecule has 1 aromatic carbocycles. The molecule has 0 bridgehead atoms. The van der Waals surface area contributed by atoms with Crippen LogP contribution in [0.2, 0.25) is 0 Å². The van der Waals surface area contributed by atoms with E-state index in [9.17, 15) is 19.5 Å². The van der Waals surface area contributed by atoms with Gasteiger partial charge < -0.3 is 24.4 Å². The highest BCUT2D eigenvalue weighted by Crippen LogP contribution is 2.29. The summed E-state index contributed by atoms with van der Waals surface area (Å²) in [6.07, 6.45) is 2.29. The smallest absolute Gasteiger partial charge is 0.335 e. The highest BCUT2D eigenvalue weighted by Gasteiger charge is 2.31. The molecule has 1 atom stereocenters. The first-order valence-corrected chi connectivity index (χ1v) is 9.64. The van der Waals surface area contributed by atoms with E-state index in [1.54, 1.807) is 29.0 Å². The molecular formula is C21H21N3O6. The molecule has 156 valence electrons. The first-order chi connectivity index (χ1) is 14.4.